The Bertz CT molecular complexity index is 363. The molecule has 0 radical (unpaired) electrons. The molecule has 0 aliphatic carbocycles. The minimum atomic E-state index is 0.114. The van der Waals surface area contributed by atoms with Gasteiger partial charge in [0.25, 0.3) is 0 Å². The molecule has 0 fully saturated rings. The maximum absolute atomic E-state index is 11.9. The number of carbonyl (C=O) groups excluding carboxylic acids is 1. The predicted molar refractivity (Wildman–Crippen MR) is 72.5 cm³/mol. The maximum Gasteiger partial charge on any atom is 0.174 e. The van der Waals surface area contributed by atoms with E-state index < -0.39 is 0 Å². The Morgan fingerprint density at radius 2 is 1.94 bits per heavy atom. The molecule has 1 unspecified atom stereocenters. The van der Waals surface area contributed by atoms with Crippen LogP contribution in [0.2, 0.25) is 5.02 Å². The van der Waals surface area contributed by atoms with Crippen LogP contribution in [0.3, 0.4) is 0 Å². The van der Waals surface area contributed by atoms with Crippen molar-refractivity contribution in [1.29, 1.82) is 0 Å². The fourth-order valence-corrected chi connectivity index (χ4v) is 2.36. The van der Waals surface area contributed by atoms with E-state index in [9.17, 15) is 4.79 Å². The molecule has 1 rings (SSSR count). The van der Waals surface area contributed by atoms with Gasteiger partial charge in [0.05, 0.1) is 10.8 Å². The number of halogens is 1. The Morgan fingerprint density at radius 3 is 2.50 bits per heavy atom. The van der Waals surface area contributed by atoms with Crippen molar-refractivity contribution >= 4 is 29.1 Å². The number of Topliss-reactive ketones (excluding diaryl/α,β-unsaturated/α-hetero) is 1. The molecule has 0 aromatic heterocycles. The van der Waals surface area contributed by atoms with Crippen molar-refractivity contribution in [2.75, 3.05) is 5.75 Å². The van der Waals surface area contributed by atoms with Gasteiger partial charge in [0, 0.05) is 10.8 Å². The summed E-state index contributed by atoms with van der Waals surface area (Å²) in [7, 11) is 0. The van der Waals surface area contributed by atoms with Crippen molar-refractivity contribution in [2.24, 2.45) is 5.92 Å². The van der Waals surface area contributed by atoms with E-state index in [1.807, 2.05) is 12.1 Å². The number of ketones is 1. The Labute approximate surface area is 107 Å². The zero-order valence-corrected chi connectivity index (χ0v) is 11.4. The second kappa shape index (κ2) is 6.31. The van der Waals surface area contributed by atoms with Gasteiger partial charge in [-0.2, -0.15) is 11.8 Å². The normalized spacial score (nSPS) is 12.8. The van der Waals surface area contributed by atoms with Gasteiger partial charge in [0.2, 0.25) is 0 Å². The van der Waals surface area contributed by atoms with Crippen LogP contribution in [0.25, 0.3) is 0 Å². The van der Waals surface area contributed by atoms with Gasteiger partial charge in [-0.25, -0.2) is 0 Å². The lowest BCUT2D eigenvalue weighted by Crippen LogP contribution is -2.11. The van der Waals surface area contributed by atoms with E-state index in [1.165, 1.54) is 0 Å². The summed E-state index contributed by atoms with van der Waals surface area (Å²) in [5, 5.41) is 1.04. The van der Waals surface area contributed by atoms with Crippen LogP contribution in [0.1, 0.15) is 31.1 Å². The van der Waals surface area contributed by atoms with Crippen LogP contribution in [-0.4, -0.2) is 16.8 Å². The van der Waals surface area contributed by atoms with Crippen molar-refractivity contribution < 1.29 is 4.79 Å². The molecule has 0 saturated heterocycles. The molecule has 88 valence electrons. The summed E-state index contributed by atoms with van der Waals surface area (Å²) in [4.78, 5) is 11.9. The lowest BCUT2D eigenvalue weighted by Gasteiger charge is -2.14. The van der Waals surface area contributed by atoms with Crippen molar-refractivity contribution in [1.82, 2.24) is 0 Å². The van der Waals surface area contributed by atoms with Crippen LogP contribution >= 0.6 is 23.4 Å². The molecule has 1 aromatic rings. The molecule has 0 aliphatic rings. The third-order valence-corrected chi connectivity index (χ3v) is 4.42. The van der Waals surface area contributed by atoms with Gasteiger partial charge in [0.1, 0.15) is 0 Å². The molecule has 0 bridgehead atoms. The van der Waals surface area contributed by atoms with Crippen LogP contribution in [0, 0.1) is 5.92 Å². The van der Waals surface area contributed by atoms with Crippen molar-refractivity contribution in [3.05, 3.63) is 34.9 Å². The Hall–Kier alpha value is -0.470. The zero-order valence-electron chi connectivity index (χ0n) is 9.87. The Balaban J connectivity index is 2.57. The highest BCUT2D eigenvalue weighted by Gasteiger charge is 2.13. The van der Waals surface area contributed by atoms with Crippen LogP contribution in [0.15, 0.2) is 24.3 Å². The molecule has 0 saturated carbocycles. The van der Waals surface area contributed by atoms with Crippen LogP contribution in [0.5, 0.6) is 0 Å². The lowest BCUT2D eigenvalue weighted by atomic mass is 10.1. The van der Waals surface area contributed by atoms with Crippen LogP contribution < -0.4 is 0 Å². The van der Waals surface area contributed by atoms with Gasteiger partial charge >= 0.3 is 0 Å². The fourth-order valence-electron chi connectivity index (χ4n) is 1.16. The molecular formula is C13H17ClOS. The molecule has 0 aliphatic heterocycles. The minimum Gasteiger partial charge on any atom is -0.293 e. The predicted octanol–water partition coefficient (Wildman–Crippen LogP) is 4.30. The van der Waals surface area contributed by atoms with E-state index in [0.29, 0.717) is 27.5 Å². The summed E-state index contributed by atoms with van der Waals surface area (Å²) in [5.41, 5.74) is 0.632. The van der Waals surface area contributed by atoms with Gasteiger partial charge in [-0.05, 0) is 18.1 Å². The molecule has 16 heavy (non-hydrogen) atoms. The van der Waals surface area contributed by atoms with Crippen molar-refractivity contribution in [3.63, 3.8) is 0 Å². The standard InChI is InChI=1S/C13H17ClOS/c1-9(2)10(3)16-8-13(15)11-6-4-5-7-12(11)14/h4-7,9-10H,8H2,1-3H3. The SMILES string of the molecule is CC(C)C(C)SCC(=O)c1ccccc1Cl. The Kier molecular flexibility index (Phi) is 5.36. The topological polar surface area (TPSA) is 17.1 Å². The highest BCUT2D eigenvalue weighted by Crippen LogP contribution is 2.22. The second-order valence-electron chi connectivity index (χ2n) is 4.16. The quantitative estimate of drug-likeness (QED) is 0.731. The first-order chi connectivity index (χ1) is 7.52. The number of thioether (sulfide) groups is 1. The van der Waals surface area contributed by atoms with Crippen LogP contribution in [-0.2, 0) is 0 Å². The molecule has 1 atom stereocenters. The Morgan fingerprint density at radius 1 is 1.31 bits per heavy atom. The monoisotopic (exact) mass is 256 g/mol. The number of carbonyl (C=O) groups is 1. The third kappa shape index (κ3) is 3.84. The van der Waals surface area contributed by atoms with Gasteiger partial charge in [-0.1, -0.05) is 44.5 Å². The maximum atomic E-state index is 11.9. The molecule has 1 nitrogen and oxygen atoms in total. The second-order valence-corrected chi connectivity index (χ2v) is 5.94. The van der Waals surface area contributed by atoms with Crippen LogP contribution in [0.4, 0.5) is 0 Å². The summed E-state index contributed by atoms with van der Waals surface area (Å²) in [5.74, 6) is 1.20. The first kappa shape index (κ1) is 13.6. The van der Waals surface area contributed by atoms with E-state index in [2.05, 4.69) is 20.8 Å². The fraction of sp³-hybridized carbons (Fsp3) is 0.462. The molecular weight excluding hydrogens is 240 g/mol. The summed E-state index contributed by atoms with van der Waals surface area (Å²) in [6, 6.07) is 7.22. The molecule has 0 spiro atoms. The minimum absolute atomic E-state index is 0.114. The summed E-state index contributed by atoms with van der Waals surface area (Å²) >= 11 is 7.65. The van der Waals surface area contributed by atoms with Crippen molar-refractivity contribution in [2.45, 2.75) is 26.0 Å². The lowest BCUT2D eigenvalue weighted by molar-refractivity contribution is 0.102. The highest BCUT2D eigenvalue weighted by atomic mass is 35.5. The molecule has 0 N–H and O–H groups in total. The average Bonchev–Trinajstić information content (AvgIpc) is 2.25. The smallest absolute Gasteiger partial charge is 0.174 e. The number of hydrogen-bond acceptors (Lipinski definition) is 2. The van der Waals surface area contributed by atoms with Gasteiger partial charge in [0.15, 0.2) is 5.78 Å². The van der Waals surface area contributed by atoms with E-state index >= 15 is 0 Å². The van der Waals surface area contributed by atoms with Gasteiger partial charge < -0.3 is 0 Å². The molecule has 1 aromatic carbocycles. The average molecular weight is 257 g/mol. The first-order valence-corrected chi connectivity index (χ1v) is 6.84. The van der Waals surface area contributed by atoms with E-state index in [4.69, 9.17) is 11.6 Å². The molecule has 0 amide bonds. The number of rotatable bonds is 5. The van der Waals surface area contributed by atoms with Gasteiger partial charge in [-0.3, -0.25) is 4.79 Å². The highest BCUT2D eigenvalue weighted by molar-refractivity contribution is 8.00. The van der Waals surface area contributed by atoms with E-state index in [-0.39, 0.29) is 5.78 Å². The number of benzene rings is 1. The van der Waals surface area contributed by atoms with E-state index in [0.717, 1.165) is 0 Å². The molecule has 3 heteroatoms. The summed E-state index contributed by atoms with van der Waals surface area (Å²) in [6.07, 6.45) is 0. The molecule has 0 heterocycles. The first-order valence-electron chi connectivity index (χ1n) is 5.41. The summed E-state index contributed by atoms with van der Waals surface area (Å²) in [6.45, 7) is 6.48. The summed E-state index contributed by atoms with van der Waals surface area (Å²) < 4.78 is 0. The zero-order chi connectivity index (χ0) is 12.1. The largest absolute Gasteiger partial charge is 0.293 e. The van der Waals surface area contributed by atoms with Crippen molar-refractivity contribution in [3.8, 4) is 0 Å². The van der Waals surface area contributed by atoms with E-state index in [1.54, 1.807) is 23.9 Å². The number of hydrogen-bond donors (Lipinski definition) is 0. The van der Waals surface area contributed by atoms with Gasteiger partial charge in [-0.15, -0.1) is 0 Å². The third-order valence-electron chi connectivity index (χ3n) is 2.59.